The zero-order valence-electron chi connectivity index (χ0n) is 14.6. The first-order valence-corrected chi connectivity index (χ1v) is 9.00. The van der Waals surface area contributed by atoms with Gasteiger partial charge in [0.05, 0.1) is 12.3 Å². The highest BCUT2D eigenvalue weighted by Crippen LogP contribution is 2.31. The maximum absolute atomic E-state index is 12.9. The summed E-state index contributed by atoms with van der Waals surface area (Å²) in [5.41, 5.74) is 3.13. The quantitative estimate of drug-likeness (QED) is 0.784. The first-order chi connectivity index (χ1) is 12.6. The van der Waals surface area contributed by atoms with E-state index in [0.29, 0.717) is 13.1 Å². The van der Waals surface area contributed by atoms with Crippen LogP contribution >= 0.6 is 0 Å². The van der Waals surface area contributed by atoms with Crippen LogP contribution in [0.1, 0.15) is 35.4 Å². The van der Waals surface area contributed by atoms with Crippen molar-refractivity contribution in [3.8, 4) is 0 Å². The third-order valence-corrected chi connectivity index (χ3v) is 4.71. The first-order valence-electron chi connectivity index (χ1n) is 9.00. The molecule has 0 fully saturated rings. The standard InChI is InChI=1S/C21H23FN2O2/c22-17-10-8-15(9-11-17)14-20(25)23-12-13-24-21(26)19-7-3-5-16-4-1-2-6-18(16)19/h1-2,4,6,8-11,19H,3,5,7,12-14H2,(H,23,25)(H,24,26). The van der Waals surface area contributed by atoms with Crippen molar-refractivity contribution in [2.45, 2.75) is 31.6 Å². The van der Waals surface area contributed by atoms with Crippen LogP contribution in [0, 0.1) is 5.82 Å². The summed E-state index contributed by atoms with van der Waals surface area (Å²) in [4.78, 5) is 24.4. The molecule has 0 radical (unpaired) electrons. The van der Waals surface area contributed by atoms with E-state index in [2.05, 4.69) is 16.7 Å². The van der Waals surface area contributed by atoms with Crippen LogP contribution in [-0.2, 0) is 22.4 Å². The molecule has 1 atom stereocenters. The lowest BCUT2D eigenvalue weighted by Crippen LogP contribution is -2.38. The second kappa shape index (κ2) is 8.61. The number of fused-ring (bicyclic) bond motifs is 1. The molecule has 2 aromatic carbocycles. The van der Waals surface area contributed by atoms with E-state index >= 15 is 0 Å². The van der Waals surface area contributed by atoms with Gasteiger partial charge in [0.2, 0.25) is 11.8 Å². The molecule has 3 rings (SSSR count). The summed E-state index contributed by atoms with van der Waals surface area (Å²) in [6.45, 7) is 0.771. The maximum Gasteiger partial charge on any atom is 0.227 e. The summed E-state index contributed by atoms with van der Waals surface area (Å²) in [6.07, 6.45) is 3.10. The minimum Gasteiger partial charge on any atom is -0.354 e. The average Bonchev–Trinajstić information content (AvgIpc) is 2.66. The topological polar surface area (TPSA) is 58.2 Å². The highest BCUT2D eigenvalue weighted by atomic mass is 19.1. The fourth-order valence-electron chi connectivity index (χ4n) is 3.39. The van der Waals surface area contributed by atoms with E-state index < -0.39 is 0 Å². The van der Waals surface area contributed by atoms with Gasteiger partial charge in [-0.1, -0.05) is 36.4 Å². The number of rotatable bonds is 6. The summed E-state index contributed by atoms with van der Waals surface area (Å²) in [6, 6.07) is 14.0. The van der Waals surface area contributed by atoms with Gasteiger partial charge in [-0.3, -0.25) is 9.59 Å². The number of carbonyl (C=O) groups is 2. The van der Waals surface area contributed by atoms with Gasteiger partial charge < -0.3 is 10.6 Å². The number of hydrogen-bond acceptors (Lipinski definition) is 2. The van der Waals surface area contributed by atoms with Crippen LogP contribution in [0.15, 0.2) is 48.5 Å². The van der Waals surface area contributed by atoms with E-state index in [4.69, 9.17) is 0 Å². The molecule has 4 nitrogen and oxygen atoms in total. The van der Waals surface area contributed by atoms with Crippen LogP contribution < -0.4 is 10.6 Å². The van der Waals surface area contributed by atoms with Crippen molar-refractivity contribution in [1.29, 1.82) is 0 Å². The Hall–Kier alpha value is -2.69. The van der Waals surface area contributed by atoms with Crippen molar-refractivity contribution in [3.05, 3.63) is 71.0 Å². The van der Waals surface area contributed by atoms with E-state index in [1.807, 2.05) is 18.2 Å². The zero-order valence-corrected chi connectivity index (χ0v) is 14.6. The summed E-state index contributed by atoms with van der Waals surface area (Å²) >= 11 is 0. The van der Waals surface area contributed by atoms with Crippen molar-refractivity contribution in [2.24, 2.45) is 0 Å². The van der Waals surface area contributed by atoms with Gasteiger partial charge in [-0.05, 0) is 48.1 Å². The Morgan fingerprint density at radius 2 is 1.73 bits per heavy atom. The second-order valence-electron chi connectivity index (χ2n) is 6.59. The maximum atomic E-state index is 12.9. The fourth-order valence-corrected chi connectivity index (χ4v) is 3.39. The lowest BCUT2D eigenvalue weighted by Gasteiger charge is -2.24. The molecule has 0 bridgehead atoms. The molecule has 0 aromatic heterocycles. The second-order valence-corrected chi connectivity index (χ2v) is 6.59. The molecule has 0 spiro atoms. The molecule has 1 unspecified atom stereocenters. The lowest BCUT2D eigenvalue weighted by atomic mass is 9.82. The molecule has 26 heavy (non-hydrogen) atoms. The fraction of sp³-hybridized carbons (Fsp3) is 0.333. The minimum absolute atomic E-state index is 0.0185. The molecule has 1 aliphatic carbocycles. The van der Waals surface area contributed by atoms with Gasteiger partial charge >= 0.3 is 0 Å². The van der Waals surface area contributed by atoms with Gasteiger partial charge in [0.25, 0.3) is 0 Å². The van der Waals surface area contributed by atoms with Crippen LogP contribution in [0.3, 0.4) is 0 Å². The SMILES string of the molecule is O=C(Cc1ccc(F)cc1)NCCNC(=O)C1CCCc2ccccc21. The third kappa shape index (κ3) is 4.69. The number of carbonyl (C=O) groups excluding carboxylic acids is 2. The molecule has 136 valence electrons. The Balaban J connectivity index is 1.42. The lowest BCUT2D eigenvalue weighted by molar-refractivity contribution is -0.123. The van der Waals surface area contributed by atoms with Crippen molar-refractivity contribution in [2.75, 3.05) is 13.1 Å². The van der Waals surface area contributed by atoms with E-state index in [1.54, 1.807) is 12.1 Å². The number of benzene rings is 2. The average molecular weight is 354 g/mol. The highest BCUT2D eigenvalue weighted by molar-refractivity contribution is 5.84. The molecule has 0 saturated carbocycles. The molecular formula is C21H23FN2O2. The molecular weight excluding hydrogens is 331 g/mol. The predicted octanol–water partition coefficient (Wildman–Crippen LogP) is 2.72. The summed E-state index contributed by atoms with van der Waals surface area (Å²) in [5.74, 6) is -0.546. The Bertz CT molecular complexity index is 774. The van der Waals surface area contributed by atoms with Gasteiger partial charge in [-0.2, -0.15) is 0 Å². The van der Waals surface area contributed by atoms with Crippen molar-refractivity contribution in [3.63, 3.8) is 0 Å². The van der Waals surface area contributed by atoms with Crippen LogP contribution in [0.5, 0.6) is 0 Å². The summed E-state index contributed by atoms with van der Waals surface area (Å²) in [5, 5.41) is 5.69. The van der Waals surface area contributed by atoms with Gasteiger partial charge in [0, 0.05) is 13.1 Å². The van der Waals surface area contributed by atoms with Crippen LogP contribution in [0.25, 0.3) is 0 Å². The molecule has 2 N–H and O–H groups in total. The summed E-state index contributed by atoms with van der Waals surface area (Å²) in [7, 11) is 0. The van der Waals surface area contributed by atoms with Crippen molar-refractivity contribution >= 4 is 11.8 Å². The number of halogens is 1. The number of aryl methyl sites for hydroxylation is 1. The largest absolute Gasteiger partial charge is 0.354 e. The monoisotopic (exact) mass is 354 g/mol. The Labute approximate surface area is 152 Å². The molecule has 2 aromatic rings. The Morgan fingerprint density at radius 3 is 2.54 bits per heavy atom. The Kier molecular flexibility index (Phi) is 6.00. The first kappa shape index (κ1) is 18.1. The molecule has 0 heterocycles. The van der Waals surface area contributed by atoms with E-state index in [-0.39, 0.29) is 30.0 Å². The van der Waals surface area contributed by atoms with Gasteiger partial charge in [-0.25, -0.2) is 4.39 Å². The van der Waals surface area contributed by atoms with E-state index in [0.717, 1.165) is 30.4 Å². The molecule has 0 aliphatic heterocycles. The van der Waals surface area contributed by atoms with Gasteiger partial charge in [0.15, 0.2) is 0 Å². The van der Waals surface area contributed by atoms with Gasteiger partial charge in [-0.15, -0.1) is 0 Å². The smallest absolute Gasteiger partial charge is 0.227 e. The van der Waals surface area contributed by atoms with E-state index in [1.165, 1.54) is 17.7 Å². The number of hydrogen-bond donors (Lipinski definition) is 2. The van der Waals surface area contributed by atoms with Crippen LogP contribution in [0.4, 0.5) is 4.39 Å². The normalized spacial score (nSPS) is 15.8. The minimum atomic E-state index is -0.318. The number of amides is 2. The zero-order chi connectivity index (χ0) is 18.4. The van der Waals surface area contributed by atoms with Crippen LogP contribution in [-0.4, -0.2) is 24.9 Å². The number of nitrogens with one attached hydrogen (secondary N) is 2. The predicted molar refractivity (Wildman–Crippen MR) is 98.2 cm³/mol. The highest BCUT2D eigenvalue weighted by Gasteiger charge is 2.25. The van der Waals surface area contributed by atoms with Gasteiger partial charge in [0.1, 0.15) is 5.82 Å². The summed E-state index contributed by atoms with van der Waals surface area (Å²) < 4.78 is 12.9. The molecule has 0 saturated heterocycles. The molecule has 2 amide bonds. The molecule has 5 heteroatoms. The third-order valence-electron chi connectivity index (χ3n) is 4.71. The Morgan fingerprint density at radius 1 is 1.00 bits per heavy atom. The van der Waals surface area contributed by atoms with Crippen LogP contribution in [0.2, 0.25) is 0 Å². The van der Waals surface area contributed by atoms with Crippen molar-refractivity contribution in [1.82, 2.24) is 10.6 Å². The van der Waals surface area contributed by atoms with E-state index in [9.17, 15) is 14.0 Å². The molecule has 1 aliphatic rings. The van der Waals surface area contributed by atoms with Crippen molar-refractivity contribution < 1.29 is 14.0 Å².